The van der Waals surface area contributed by atoms with Gasteiger partial charge in [-0.3, -0.25) is 10.1 Å². The number of nitrogens with one attached hydrogen (secondary N) is 1. The Morgan fingerprint density at radius 3 is 2.52 bits per heavy atom. The van der Waals surface area contributed by atoms with Gasteiger partial charge in [-0.25, -0.2) is 0 Å². The average molecular weight is 432 g/mol. The maximum atomic E-state index is 13.3. The highest BCUT2D eigenvalue weighted by atomic mass is 35.5. The van der Waals surface area contributed by atoms with Crippen LogP contribution in [0.15, 0.2) is 36.4 Å². The number of carbonyl (C=O) groups excluding carboxylic acids is 1. The van der Waals surface area contributed by atoms with Crippen LogP contribution in [0.1, 0.15) is 42.5 Å². The van der Waals surface area contributed by atoms with Crippen LogP contribution in [0.3, 0.4) is 0 Å². The van der Waals surface area contributed by atoms with Gasteiger partial charge < -0.3 is 13.9 Å². The fourth-order valence-corrected chi connectivity index (χ4v) is 5.07. The summed E-state index contributed by atoms with van der Waals surface area (Å²) >= 11 is 6.11. The molecule has 0 saturated carbocycles. The minimum Gasteiger partial charge on any atom is -0.411 e. The number of halogens is 1. The number of hydrogen-bond donors (Lipinski definition) is 1. The van der Waals surface area contributed by atoms with E-state index in [4.69, 9.17) is 16.0 Å². The predicted octanol–water partition coefficient (Wildman–Crippen LogP) is 4.58. The Morgan fingerprint density at radius 2 is 1.86 bits per heavy atom. The number of nitrogens with zero attached hydrogens (tertiary/aromatic N) is 2. The summed E-state index contributed by atoms with van der Waals surface area (Å²) in [5.74, 6) is 0.0646. The minimum absolute atomic E-state index is 0.0646. The standard InChI is InChI=1S/C22H30ClN3O2Si/c1-21(2,3)29(4,5)28-14-18-10-11-19-20(27)26-13-12-24-22(26,15-25(18)19)16-6-8-17(23)9-7-16/h6-11,24H,12-15H2,1-5H3. The average Bonchev–Trinajstić information content (AvgIpc) is 3.25. The first-order chi connectivity index (χ1) is 13.6. The summed E-state index contributed by atoms with van der Waals surface area (Å²) in [6, 6.07) is 11.8. The zero-order valence-electron chi connectivity index (χ0n) is 17.9. The smallest absolute Gasteiger partial charge is 0.272 e. The van der Waals surface area contributed by atoms with Crippen molar-refractivity contribution >= 4 is 25.8 Å². The quantitative estimate of drug-likeness (QED) is 0.721. The molecule has 4 rings (SSSR count). The minimum atomic E-state index is -1.88. The molecule has 0 aliphatic carbocycles. The van der Waals surface area contributed by atoms with Crippen LogP contribution in [0, 0.1) is 0 Å². The van der Waals surface area contributed by atoms with Gasteiger partial charge in [0.05, 0.1) is 13.2 Å². The Labute approximate surface area is 179 Å². The van der Waals surface area contributed by atoms with E-state index in [0.29, 0.717) is 24.7 Å². The van der Waals surface area contributed by atoms with Crippen molar-refractivity contribution < 1.29 is 9.22 Å². The summed E-state index contributed by atoms with van der Waals surface area (Å²) in [6.07, 6.45) is 0. The second-order valence-electron chi connectivity index (χ2n) is 9.60. The molecule has 1 fully saturated rings. The molecule has 7 heteroatoms. The van der Waals surface area contributed by atoms with E-state index < -0.39 is 14.0 Å². The van der Waals surface area contributed by atoms with Crippen molar-refractivity contribution in [1.82, 2.24) is 14.8 Å². The third kappa shape index (κ3) is 3.36. The fourth-order valence-electron chi connectivity index (χ4n) is 4.00. The van der Waals surface area contributed by atoms with Gasteiger partial charge in [0.25, 0.3) is 5.91 Å². The molecule has 1 aromatic carbocycles. The number of fused-ring (bicyclic) bond motifs is 2. The second-order valence-corrected chi connectivity index (χ2v) is 14.8. The number of carbonyl (C=O) groups is 1. The van der Waals surface area contributed by atoms with Gasteiger partial charge in [0.2, 0.25) is 0 Å². The monoisotopic (exact) mass is 431 g/mol. The Morgan fingerprint density at radius 1 is 1.17 bits per heavy atom. The first-order valence-corrected chi connectivity index (χ1v) is 13.5. The largest absolute Gasteiger partial charge is 0.411 e. The molecule has 1 aromatic heterocycles. The molecule has 1 amide bonds. The highest BCUT2D eigenvalue weighted by Crippen LogP contribution is 2.39. The van der Waals surface area contributed by atoms with Gasteiger partial charge >= 0.3 is 0 Å². The molecular formula is C22H30ClN3O2Si. The van der Waals surface area contributed by atoms with Gasteiger partial charge in [0.15, 0.2) is 8.32 Å². The van der Waals surface area contributed by atoms with Gasteiger partial charge in [-0.2, -0.15) is 0 Å². The molecule has 1 N–H and O–H groups in total. The Kier molecular flexibility index (Phi) is 4.97. The van der Waals surface area contributed by atoms with Crippen LogP contribution in [0.25, 0.3) is 0 Å². The Bertz CT molecular complexity index is 933. The molecule has 156 valence electrons. The van der Waals surface area contributed by atoms with Gasteiger partial charge in [-0.15, -0.1) is 0 Å². The first kappa shape index (κ1) is 20.7. The lowest BCUT2D eigenvalue weighted by atomic mass is 9.96. The van der Waals surface area contributed by atoms with E-state index in [1.165, 1.54) is 0 Å². The van der Waals surface area contributed by atoms with Crippen LogP contribution < -0.4 is 5.32 Å². The van der Waals surface area contributed by atoms with E-state index in [1.807, 2.05) is 41.3 Å². The first-order valence-electron chi connectivity index (χ1n) is 10.2. The van der Waals surface area contributed by atoms with Crippen LogP contribution in [0.2, 0.25) is 23.2 Å². The molecule has 0 spiro atoms. The molecule has 1 atom stereocenters. The molecule has 0 radical (unpaired) electrons. The second kappa shape index (κ2) is 6.98. The Hall–Kier alpha value is -1.60. The lowest BCUT2D eigenvalue weighted by Gasteiger charge is -2.43. The van der Waals surface area contributed by atoms with E-state index in [1.54, 1.807) is 0 Å². The molecule has 5 nitrogen and oxygen atoms in total. The zero-order chi connectivity index (χ0) is 21.0. The molecular weight excluding hydrogens is 402 g/mol. The number of amides is 1. The molecule has 2 aliphatic heterocycles. The number of benzene rings is 1. The third-order valence-electron chi connectivity index (χ3n) is 6.84. The van der Waals surface area contributed by atoms with Crippen molar-refractivity contribution in [2.24, 2.45) is 0 Å². The van der Waals surface area contributed by atoms with Crippen molar-refractivity contribution in [3.63, 3.8) is 0 Å². The van der Waals surface area contributed by atoms with Crippen LogP contribution >= 0.6 is 11.6 Å². The number of aromatic nitrogens is 1. The summed E-state index contributed by atoms with van der Waals surface area (Å²) in [7, 11) is -1.88. The van der Waals surface area contributed by atoms with Crippen LogP contribution in [-0.4, -0.2) is 36.8 Å². The summed E-state index contributed by atoms with van der Waals surface area (Å²) < 4.78 is 8.60. The maximum Gasteiger partial charge on any atom is 0.272 e. The summed E-state index contributed by atoms with van der Waals surface area (Å²) in [4.78, 5) is 15.3. The number of hydrogen-bond acceptors (Lipinski definition) is 3. The van der Waals surface area contributed by atoms with Crippen molar-refractivity contribution in [2.75, 3.05) is 13.1 Å². The molecule has 1 unspecified atom stereocenters. The van der Waals surface area contributed by atoms with Crippen LogP contribution in [0.4, 0.5) is 0 Å². The van der Waals surface area contributed by atoms with Crippen molar-refractivity contribution in [3.8, 4) is 0 Å². The lowest BCUT2D eigenvalue weighted by molar-refractivity contribution is 0.0388. The molecule has 2 aromatic rings. The normalized spacial score (nSPS) is 22.0. The third-order valence-corrected chi connectivity index (χ3v) is 11.6. The van der Waals surface area contributed by atoms with Crippen molar-refractivity contribution in [3.05, 3.63) is 58.4 Å². The zero-order valence-corrected chi connectivity index (χ0v) is 19.6. The molecule has 3 heterocycles. The topological polar surface area (TPSA) is 46.5 Å². The van der Waals surface area contributed by atoms with Crippen molar-refractivity contribution in [1.29, 1.82) is 0 Å². The fraction of sp³-hybridized carbons (Fsp3) is 0.500. The van der Waals surface area contributed by atoms with E-state index in [0.717, 1.165) is 23.5 Å². The predicted molar refractivity (Wildman–Crippen MR) is 119 cm³/mol. The van der Waals surface area contributed by atoms with Gasteiger partial charge in [-0.1, -0.05) is 44.5 Å². The van der Waals surface area contributed by atoms with E-state index in [2.05, 4.69) is 43.7 Å². The number of rotatable bonds is 4. The molecule has 29 heavy (non-hydrogen) atoms. The SMILES string of the molecule is CC(C)(C)[Si](C)(C)OCc1ccc2n1CC1(c3ccc(Cl)cc3)NCCN1C2=O. The highest BCUT2D eigenvalue weighted by Gasteiger charge is 2.50. The summed E-state index contributed by atoms with van der Waals surface area (Å²) in [5, 5.41) is 4.45. The maximum absolute atomic E-state index is 13.3. The lowest BCUT2D eigenvalue weighted by Crippen LogP contribution is -2.57. The van der Waals surface area contributed by atoms with Gasteiger partial charge in [0.1, 0.15) is 11.4 Å². The van der Waals surface area contributed by atoms with Crippen molar-refractivity contribution in [2.45, 2.75) is 57.7 Å². The van der Waals surface area contributed by atoms with Crippen LogP contribution in [0.5, 0.6) is 0 Å². The molecule has 1 saturated heterocycles. The van der Waals surface area contributed by atoms with Gasteiger partial charge in [0, 0.05) is 23.8 Å². The summed E-state index contributed by atoms with van der Waals surface area (Å²) in [6.45, 7) is 13.9. The molecule has 2 aliphatic rings. The Balaban J connectivity index is 1.68. The van der Waals surface area contributed by atoms with Gasteiger partial charge in [-0.05, 0) is 48.0 Å². The van der Waals surface area contributed by atoms with E-state index >= 15 is 0 Å². The molecule has 0 bridgehead atoms. The van der Waals surface area contributed by atoms with E-state index in [9.17, 15) is 4.79 Å². The summed E-state index contributed by atoms with van der Waals surface area (Å²) in [5.41, 5.74) is 2.31. The van der Waals surface area contributed by atoms with Crippen LogP contribution in [-0.2, 0) is 23.2 Å². The van der Waals surface area contributed by atoms with E-state index in [-0.39, 0.29) is 10.9 Å². The highest BCUT2D eigenvalue weighted by molar-refractivity contribution is 6.74.